The lowest BCUT2D eigenvalue weighted by atomic mass is 10.2. The molecule has 20 heavy (non-hydrogen) atoms. The third kappa shape index (κ3) is 4.41. The number of ether oxygens (including phenoxy) is 1. The molecule has 0 atom stereocenters. The zero-order valence-electron chi connectivity index (χ0n) is 10.1. The zero-order valence-corrected chi connectivity index (χ0v) is 11.7. The van der Waals surface area contributed by atoms with Gasteiger partial charge in [-0.1, -0.05) is 18.2 Å². The number of alkyl halides is 3. The Morgan fingerprint density at radius 2 is 1.85 bits per heavy atom. The van der Waals surface area contributed by atoms with Gasteiger partial charge in [0.15, 0.2) is 5.75 Å². The molecule has 0 bridgehead atoms. The van der Waals surface area contributed by atoms with E-state index in [1.165, 1.54) is 18.2 Å². The Hall–Kier alpha value is -1.76. The number of anilines is 1. The van der Waals surface area contributed by atoms with Crippen molar-refractivity contribution in [3.05, 3.63) is 52.8 Å². The molecular weight excluding hydrogens is 337 g/mol. The van der Waals surface area contributed by atoms with Crippen LogP contribution < -0.4 is 10.1 Å². The molecule has 2 rings (SSSR count). The van der Waals surface area contributed by atoms with Crippen molar-refractivity contribution >= 4 is 21.6 Å². The Labute approximate surface area is 121 Å². The summed E-state index contributed by atoms with van der Waals surface area (Å²) in [4.78, 5) is 4.18. The highest BCUT2D eigenvalue weighted by molar-refractivity contribution is 9.10. The highest BCUT2D eigenvalue weighted by Crippen LogP contribution is 2.30. The summed E-state index contributed by atoms with van der Waals surface area (Å²) in [5.74, 6) is -0.269. The Bertz CT molecular complexity index is 590. The van der Waals surface area contributed by atoms with E-state index in [9.17, 15) is 13.2 Å². The summed E-state index contributed by atoms with van der Waals surface area (Å²) < 4.78 is 41.4. The van der Waals surface area contributed by atoms with E-state index >= 15 is 0 Å². The number of hydrogen-bond donors (Lipinski definition) is 1. The second-order valence-electron chi connectivity index (χ2n) is 3.85. The molecule has 0 saturated carbocycles. The van der Waals surface area contributed by atoms with Gasteiger partial charge in [-0.3, -0.25) is 0 Å². The quantitative estimate of drug-likeness (QED) is 0.835. The molecular formula is C13H10BrF3N2O. The van der Waals surface area contributed by atoms with Gasteiger partial charge in [-0.25, -0.2) is 4.98 Å². The smallest absolute Gasteiger partial charge is 0.404 e. The van der Waals surface area contributed by atoms with Crippen LogP contribution >= 0.6 is 15.9 Å². The van der Waals surface area contributed by atoms with Crippen LogP contribution in [0.3, 0.4) is 0 Å². The van der Waals surface area contributed by atoms with Gasteiger partial charge in [-0.15, -0.1) is 13.2 Å². The highest BCUT2D eigenvalue weighted by Gasteiger charge is 2.32. The molecule has 1 aromatic carbocycles. The molecule has 7 heteroatoms. The lowest BCUT2D eigenvalue weighted by Gasteiger charge is -2.14. The largest absolute Gasteiger partial charge is 0.573 e. The first kappa shape index (κ1) is 14.6. The molecule has 1 heterocycles. The van der Waals surface area contributed by atoms with E-state index < -0.39 is 6.36 Å². The van der Waals surface area contributed by atoms with Gasteiger partial charge in [-0.2, -0.15) is 0 Å². The molecule has 2 aromatic rings. The Kier molecular flexibility index (Phi) is 4.49. The Morgan fingerprint density at radius 3 is 2.55 bits per heavy atom. The number of nitrogens with one attached hydrogen (secondary N) is 1. The molecule has 106 valence electrons. The van der Waals surface area contributed by atoms with E-state index in [0.29, 0.717) is 10.3 Å². The van der Waals surface area contributed by atoms with Crippen molar-refractivity contribution in [1.29, 1.82) is 0 Å². The molecule has 0 unspecified atom stereocenters. The van der Waals surface area contributed by atoms with Crippen LogP contribution in [0.15, 0.2) is 47.1 Å². The maximum absolute atomic E-state index is 12.3. The normalized spacial score (nSPS) is 11.2. The Balaban J connectivity index is 2.09. The fraction of sp³-hybridized carbons (Fsp3) is 0.154. The van der Waals surface area contributed by atoms with Crippen LogP contribution in [0.2, 0.25) is 0 Å². The number of nitrogens with zero attached hydrogens (tertiary/aromatic N) is 1. The van der Waals surface area contributed by atoms with Gasteiger partial charge in [0.2, 0.25) is 0 Å². The van der Waals surface area contributed by atoms with Crippen molar-refractivity contribution in [2.24, 2.45) is 0 Å². The molecule has 0 spiro atoms. The molecule has 1 aromatic heterocycles. The third-order valence-corrected chi connectivity index (χ3v) is 2.79. The molecule has 0 amide bonds. The minimum absolute atomic E-state index is 0.256. The van der Waals surface area contributed by atoms with E-state index in [0.717, 1.165) is 0 Å². The summed E-state index contributed by atoms with van der Waals surface area (Å²) in [7, 11) is 0. The predicted octanol–water partition coefficient (Wildman–Crippen LogP) is 4.35. The molecule has 0 radical (unpaired) electrons. The second-order valence-corrected chi connectivity index (χ2v) is 4.66. The first-order valence-electron chi connectivity index (χ1n) is 5.64. The molecule has 0 aliphatic heterocycles. The van der Waals surface area contributed by atoms with Gasteiger partial charge >= 0.3 is 6.36 Å². The molecule has 0 aliphatic rings. The Morgan fingerprint density at radius 1 is 1.10 bits per heavy atom. The van der Waals surface area contributed by atoms with E-state index in [1.807, 2.05) is 0 Å². The summed E-state index contributed by atoms with van der Waals surface area (Å²) in [5, 5.41) is 2.87. The van der Waals surface area contributed by atoms with Crippen molar-refractivity contribution in [2.45, 2.75) is 12.9 Å². The van der Waals surface area contributed by atoms with Crippen LogP contribution in [0.25, 0.3) is 0 Å². The second kappa shape index (κ2) is 6.13. The number of pyridine rings is 1. The van der Waals surface area contributed by atoms with Crippen molar-refractivity contribution in [1.82, 2.24) is 4.98 Å². The van der Waals surface area contributed by atoms with E-state index in [4.69, 9.17) is 0 Å². The summed E-state index contributed by atoms with van der Waals surface area (Å²) in [5.41, 5.74) is 0.952. The maximum atomic E-state index is 12.3. The fourth-order valence-electron chi connectivity index (χ4n) is 1.56. The summed E-state index contributed by atoms with van der Waals surface area (Å²) >= 11 is 3.23. The summed E-state index contributed by atoms with van der Waals surface area (Å²) in [6.07, 6.45) is -4.72. The molecule has 3 nitrogen and oxygen atoms in total. The van der Waals surface area contributed by atoms with Gasteiger partial charge in [0.1, 0.15) is 4.60 Å². The van der Waals surface area contributed by atoms with Crippen LogP contribution in [0.1, 0.15) is 5.69 Å². The van der Waals surface area contributed by atoms with Crippen LogP contribution in [0.5, 0.6) is 5.75 Å². The summed E-state index contributed by atoms with van der Waals surface area (Å²) in [6.45, 7) is 0.289. The standard InChI is InChI=1S/C13H10BrF3N2O/c14-12-7-3-4-9(19-12)8-18-10-5-1-2-6-11(10)20-13(15,16)17/h1-7,18H,8H2. The first-order chi connectivity index (χ1) is 9.44. The third-order valence-electron chi connectivity index (χ3n) is 2.35. The van der Waals surface area contributed by atoms with Gasteiger partial charge in [-0.05, 0) is 40.2 Å². The highest BCUT2D eigenvalue weighted by atomic mass is 79.9. The van der Waals surface area contributed by atoms with Crippen LogP contribution in [0.4, 0.5) is 18.9 Å². The van der Waals surface area contributed by atoms with Crippen LogP contribution in [-0.2, 0) is 6.54 Å². The zero-order chi connectivity index (χ0) is 14.6. The van der Waals surface area contributed by atoms with Crippen molar-refractivity contribution in [2.75, 3.05) is 5.32 Å². The molecule has 0 saturated heterocycles. The number of para-hydroxylation sites is 2. The average molecular weight is 347 g/mol. The number of aromatic nitrogens is 1. The minimum Gasteiger partial charge on any atom is -0.404 e. The predicted molar refractivity (Wildman–Crippen MR) is 72.4 cm³/mol. The molecule has 0 aliphatic carbocycles. The number of halogens is 4. The van der Waals surface area contributed by atoms with Gasteiger partial charge < -0.3 is 10.1 Å². The molecule has 1 N–H and O–H groups in total. The van der Waals surface area contributed by atoms with Crippen molar-refractivity contribution in [3.8, 4) is 5.75 Å². The van der Waals surface area contributed by atoms with Crippen molar-refractivity contribution < 1.29 is 17.9 Å². The van der Waals surface area contributed by atoms with E-state index in [2.05, 4.69) is 31.0 Å². The van der Waals surface area contributed by atoms with E-state index in [-0.39, 0.29) is 18.0 Å². The van der Waals surface area contributed by atoms with Gasteiger partial charge in [0.05, 0.1) is 17.9 Å². The topological polar surface area (TPSA) is 34.1 Å². The van der Waals surface area contributed by atoms with E-state index in [1.54, 1.807) is 24.3 Å². The minimum atomic E-state index is -4.72. The number of rotatable bonds is 4. The fourth-order valence-corrected chi connectivity index (χ4v) is 1.94. The first-order valence-corrected chi connectivity index (χ1v) is 6.43. The molecule has 0 fully saturated rings. The monoisotopic (exact) mass is 346 g/mol. The van der Waals surface area contributed by atoms with Crippen LogP contribution in [0, 0.1) is 0 Å². The average Bonchev–Trinajstić information content (AvgIpc) is 2.36. The summed E-state index contributed by atoms with van der Waals surface area (Å²) in [6, 6.07) is 11.2. The van der Waals surface area contributed by atoms with Gasteiger partial charge in [0.25, 0.3) is 0 Å². The van der Waals surface area contributed by atoms with Gasteiger partial charge in [0, 0.05) is 0 Å². The number of hydrogen-bond acceptors (Lipinski definition) is 3. The lowest BCUT2D eigenvalue weighted by molar-refractivity contribution is -0.274. The maximum Gasteiger partial charge on any atom is 0.573 e. The lowest BCUT2D eigenvalue weighted by Crippen LogP contribution is -2.18. The SMILES string of the molecule is FC(F)(F)Oc1ccccc1NCc1cccc(Br)n1. The number of benzene rings is 1. The van der Waals surface area contributed by atoms with Crippen molar-refractivity contribution in [3.63, 3.8) is 0 Å². The van der Waals surface area contributed by atoms with Crippen LogP contribution in [-0.4, -0.2) is 11.3 Å².